The molecule has 0 fully saturated rings. The van der Waals surface area contributed by atoms with Crippen LogP contribution in [0.4, 0.5) is 4.79 Å². The molecule has 1 heterocycles. The molecule has 1 aromatic rings. The molecule has 1 aromatic heterocycles. The van der Waals surface area contributed by atoms with Crippen molar-refractivity contribution in [3.05, 3.63) is 30.1 Å². The molecule has 0 spiro atoms. The summed E-state index contributed by atoms with van der Waals surface area (Å²) in [4.78, 5) is 22.5. The first-order chi connectivity index (χ1) is 7.19. The zero-order valence-electron chi connectivity index (χ0n) is 8.60. The number of rotatable bonds is 2. The predicted octanol–water partition coefficient (Wildman–Crippen LogP) is 0.765. The molecule has 0 saturated carbocycles. The molecule has 0 amide bonds. The Morgan fingerprint density at radius 3 is 2.80 bits per heavy atom. The minimum Gasteiger partial charge on any atom is -0.465 e. The van der Waals surface area contributed by atoms with Gasteiger partial charge in [-0.25, -0.2) is 4.79 Å². The van der Waals surface area contributed by atoms with E-state index in [1.807, 2.05) is 0 Å². The minimum atomic E-state index is -0.525. The standard InChI is InChI=1S/C10H12NO4/c1-3-15-10(13)11-6-4-5-8(7-11)9(12)14-2/h4-7H,3H2,1-2H3/q+1. The van der Waals surface area contributed by atoms with Crippen LogP contribution in [0.3, 0.4) is 0 Å². The monoisotopic (exact) mass is 210 g/mol. The topological polar surface area (TPSA) is 56.5 Å². The van der Waals surface area contributed by atoms with E-state index >= 15 is 0 Å². The fourth-order valence-corrected chi connectivity index (χ4v) is 1.03. The summed E-state index contributed by atoms with van der Waals surface area (Å²) >= 11 is 0. The van der Waals surface area contributed by atoms with Gasteiger partial charge in [0.1, 0.15) is 5.56 Å². The van der Waals surface area contributed by atoms with Crippen molar-refractivity contribution in [2.45, 2.75) is 6.92 Å². The van der Waals surface area contributed by atoms with E-state index in [-0.39, 0.29) is 6.61 Å². The second-order valence-corrected chi connectivity index (χ2v) is 2.69. The molecule has 5 heteroatoms. The molecule has 80 valence electrons. The second kappa shape index (κ2) is 5.09. The summed E-state index contributed by atoms with van der Waals surface area (Å²) in [5, 5.41) is 0. The van der Waals surface area contributed by atoms with Gasteiger partial charge in [-0.3, -0.25) is 0 Å². The van der Waals surface area contributed by atoms with Gasteiger partial charge in [0.05, 0.1) is 13.7 Å². The average Bonchev–Trinajstić information content (AvgIpc) is 2.28. The van der Waals surface area contributed by atoms with Crippen LogP contribution in [-0.4, -0.2) is 25.8 Å². The quantitative estimate of drug-likeness (QED) is 0.534. The SMILES string of the molecule is CCOC(=O)[n+]1cccc(C(=O)OC)c1. The van der Waals surface area contributed by atoms with Gasteiger partial charge in [0.25, 0.3) is 0 Å². The van der Waals surface area contributed by atoms with Crippen molar-refractivity contribution in [2.75, 3.05) is 13.7 Å². The maximum atomic E-state index is 11.3. The molecule has 0 N–H and O–H groups in total. The molecule has 0 aliphatic rings. The van der Waals surface area contributed by atoms with Crippen LogP contribution in [0.1, 0.15) is 17.3 Å². The fraction of sp³-hybridized carbons (Fsp3) is 0.300. The first-order valence-electron chi connectivity index (χ1n) is 4.45. The number of carbonyl (C=O) groups is 2. The third-order valence-electron chi connectivity index (χ3n) is 1.70. The van der Waals surface area contributed by atoms with Crippen LogP contribution in [0.15, 0.2) is 24.5 Å². The van der Waals surface area contributed by atoms with Crippen molar-refractivity contribution in [3.63, 3.8) is 0 Å². The highest BCUT2D eigenvalue weighted by Crippen LogP contribution is 1.96. The van der Waals surface area contributed by atoms with E-state index in [0.717, 1.165) is 0 Å². The number of esters is 1. The van der Waals surface area contributed by atoms with Crippen LogP contribution < -0.4 is 4.57 Å². The van der Waals surface area contributed by atoms with Gasteiger partial charge >= 0.3 is 12.1 Å². The first-order valence-corrected chi connectivity index (χ1v) is 4.45. The van der Waals surface area contributed by atoms with E-state index < -0.39 is 12.1 Å². The van der Waals surface area contributed by atoms with E-state index in [9.17, 15) is 9.59 Å². The normalized spacial score (nSPS) is 9.47. The number of hydrogen-bond acceptors (Lipinski definition) is 4. The van der Waals surface area contributed by atoms with E-state index in [4.69, 9.17) is 4.74 Å². The highest BCUT2D eigenvalue weighted by atomic mass is 16.5. The Balaban J connectivity index is 2.92. The first kappa shape index (κ1) is 11.2. The zero-order valence-corrected chi connectivity index (χ0v) is 8.60. The Hall–Kier alpha value is -1.91. The molecule has 1 rings (SSSR count). The Labute approximate surface area is 87.2 Å². The summed E-state index contributed by atoms with van der Waals surface area (Å²) in [5.74, 6) is -0.492. The molecule has 15 heavy (non-hydrogen) atoms. The smallest absolute Gasteiger partial charge is 0.465 e. The number of pyridine rings is 1. The van der Waals surface area contributed by atoms with Crippen LogP contribution in [0.2, 0.25) is 0 Å². The molecule has 0 radical (unpaired) electrons. The second-order valence-electron chi connectivity index (χ2n) is 2.69. The summed E-state index contributed by atoms with van der Waals surface area (Å²) in [6.45, 7) is 2.00. The van der Waals surface area contributed by atoms with E-state index in [0.29, 0.717) is 5.56 Å². The lowest BCUT2D eigenvalue weighted by atomic mass is 10.3. The highest BCUT2D eigenvalue weighted by molar-refractivity contribution is 5.88. The van der Waals surface area contributed by atoms with Gasteiger partial charge in [-0.1, -0.05) is 4.57 Å². The molecule has 0 saturated heterocycles. The number of nitrogens with zero attached hydrogens (tertiary/aromatic N) is 1. The number of carbonyl (C=O) groups excluding carboxylic acids is 2. The maximum absolute atomic E-state index is 11.3. The number of ether oxygens (including phenoxy) is 2. The number of hydrogen-bond donors (Lipinski definition) is 0. The van der Waals surface area contributed by atoms with Gasteiger partial charge in [-0.15, -0.1) is 0 Å². The molecular formula is C10H12NO4+. The van der Waals surface area contributed by atoms with Crippen molar-refractivity contribution in [3.8, 4) is 0 Å². The van der Waals surface area contributed by atoms with Gasteiger partial charge in [0.15, 0.2) is 12.4 Å². The van der Waals surface area contributed by atoms with Crippen LogP contribution >= 0.6 is 0 Å². The van der Waals surface area contributed by atoms with E-state index in [1.54, 1.807) is 19.1 Å². The summed E-state index contributed by atoms with van der Waals surface area (Å²) in [6.07, 6.45) is 2.34. The van der Waals surface area contributed by atoms with Crippen molar-refractivity contribution in [2.24, 2.45) is 0 Å². The molecule has 0 aliphatic carbocycles. The third-order valence-corrected chi connectivity index (χ3v) is 1.70. The van der Waals surface area contributed by atoms with Crippen LogP contribution in [0.5, 0.6) is 0 Å². The Kier molecular flexibility index (Phi) is 3.79. The van der Waals surface area contributed by atoms with Crippen LogP contribution in [0.25, 0.3) is 0 Å². The molecule has 0 bridgehead atoms. The number of methoxy groups -OCH3 is 1. The summed E-state index contributed by atoms with van der Waals surface area (Å²) in [6, 6.07) is 3.13. The molecular weight excluding hydrogens is 198 g/mol. The Morgan fingerprint density at radius 2 is 2.20 bits per heavy atom. The lowest BCUT2D eigenvalue weighted by Crippen LogP contribution is -2.43. The fourth-order valence-electron chi connectivity index (χ4n) is 1.03. The summed E-state index contributed by atoms with van der Waals surface area (Å²) in [7, 11) is 1.28. The van der Waals surface area contributed by atoms with Crippen LogP contribution in [0, 0.1) is 0 Å². The lowest BCUT2D eigenvalue weighted by Gasteiger charge is -1.97. The molecule has 0 aliphatic heterocycles. The van der Waals surface area contributed by atoms with Crippen molar-refractivity contribution in [1.29, 1.82) is 0 Å². The Bertz CT molecular complexity index is 375. The van der Waals surface area contributed by atoms with Crippen molar-refractivity contribution in [1.82, 2.24) is 0 Å². The molecule has 5 nitrogen and oxygen atoms in total. The molecule has 0 atom stereocenters. The summed E-state index contributed by atoms with van der Waals surface area (Å²) in [5.41, 5.74) is 0.299. The van der Waals surface area contributed by atoms with Gasteiger partial charge in [0, 0.05) is 6.07 Å². The number of aromatic nitrogens is 1. The van der Waals surface area contributed by atoms with Gasteiger partial charge < -0.3 is 9.47 Å². The highest BCUT2D eigenvalue weighted by Gasteiger charge is 2.18. The van der Waals surface area contributed by atoms with Crippen molar-refractivity contribution < 1.29 is 23.6 Å². The van der Waals surface area contributed by atoms with Crippen LogP contribution in [-0.2, 0) is 9.47 Å². The molecule has 0 aromatic carbocycles. The predicted molar refractivity (Wildman–Crippen MR) is 50.4 cm³/mol. The van der Waals surface area contributed by atoms with Gasteiger partial charge in [0.2, 0.25) is 0 Å². The van der Waals surface area contributed by atoms with Gasteiger partial charge in [-0.2, -0.15) is 4.79 Å². The molecule has 0 unspecified atom stereocenters. The zero-order chi connectivity index (χ0) is 11.3. The minimum absolute atomic E-state index is 0.286. The van der Waals surface area contributed by atoms with E-state index in [2.05, 4.69) is 4.74 Å². The van der Waals surface area contributed by atoms with Crippen molar-refractivity contribution >= 4 is 12.1 Å². The summed E-state index contributed by atoms with van der Waals surface area (Å²) < 4.78 is 10.5. The largest absolute Gasteiger partial charge is 0.601 e. The maximum Gasteiger partial charge on any atom is 0.601 e. The lowest BCUT2D eigenvalue weighted by molar-refractivity contribution is -0.586. The third kappa shape index (κ3) is 2.77. The van der Waals surface area contributed by atoms with E-state index in [1.165, 1.54) is 24.1 Å². The van der Waals surface area contributed by atoms with Gasteiger partial charge in [-0.05, 0) is 13.0 Å². The average molecular weight is 210 g/mol. The Morgan fingerprint density at radius 1 is 1.47 bits per heavy atom.